The fraction of sp³-hybridized carbons (Fsp3) is 0.562. The van der Waals surface area contributed by atoms with Crippen molar-refractivity contribution >= 4 is 11.0 Å². The molecule has 0 amide bonds. The van der Waals surface area contributed by atoms with Gasteiger partial charge in [0.05, 0.1) is 25.3 Å². The summed E-state index contributed by atoms with van der Waals surface area (Å²) in [6, 6.07) is 3.94. The summed E-state index contributed by atoms with van der Waals surface area (Å²) >= 11 is 0. The number of aromatic nitrogens is 2. The predicted octanol–water partition coefficient (Wildman–Crippen LogP) is 3.48. The largest absolute Gasteiger partial charge is 0.493 e. The molecule has 0 radical (unpaired) electrons. The van der Waals surface area contributed by atoms with Gasteiger partial charge in [0, 0.05) is 18.1 Å². The number of nitrogens with zero attached hydrogens (tertiary/aromatic N) is 1. The number of methoxy groups -OCH3 is 2. The molecule has 1 N–H and O–H groups in total. The first kappa shape index (κ1) is 12.1. The molecule has 2 fully saturated rings. The summed E-state index contributed by atoms with van der Waals surface area (Å²) in [6.45, 7) is 0. The molecule has 4 rings (SSSR count). The molecule has 2 aliphatic rings. The van der Waals surface area contributed by atoms with Crippen LogP contribution in [0.5, 0.6) is 11.5 Å². The lowest BCUT2D eigenvalue weighted by atomic mass is 9.88. The zero-order valence-electron chi connectivity index (χ0n) is 12.0. The van der Waals surface area contributed by atoms with Gasteiger partial charge in [0.1, 0.15) is 5.82 Å². The van der Waals surface area contributed by atoms with E-state index in [0.717, 1.165) is 40.2 Å². The average Bonchev–Trinajstić information content (AvgIpc) is 3.19. The summed E-state index contributed by atoms with van der Waals surface area (Å²) in [5.74, 6) is 5.04. The minimum Gasteiger partial charge on any atom is -0.493 e. The number of ether oxygens (including phenoxy) is 2. The van der Waals surface area contributed by atoms with Crippen LogP contribution in [0.2, 0.25) is 0 Å². The highest BCUT2D eigenvalue weighted by atomic mass is 16.5. The molecule has 2 bridgehead atoms. The van der Waals surface area contributed by atoms with Crippen LogP contribution in [0, 0.1) is 11.8 Å². The number of nitrogens with one attached hydrogen (secondary N) is 1. The molecule has 106 valence electrons. The number of fused-ring (bicyclic) bond motifs is 3. The molecule has 2 saturated carbocycles. The lowest BCUT2D eigenvalue weighted by molar-refractivity contribution is 0.356. The number of hydrogen-bond acceptors (Lipinski definition) is 3. The van der Waals surface area contributed by atoms with Crippen molar-refractivity contribution in [2.75, 3.05) is 14.2 Å². The molecule has 1 aromatic carbocycles. The molecule has 4 heteroatoms. The van der Waals surface area contributed by atoms with Crippen LogP contribution >= 0.6 is 0 Å². The van der Waals surface area contributed by atoms with Crippen molar-refractivity contribution in [1.29, 1.82) is 0 Å². The Balaban J connectivity index is 1.75. The van der Waals surface area contributed by atoms with Crippen molar-refractivity contribution < 1.29 is 9.47 Å². The van der Waals surface area contributed by atoms with Crippen molar-refractivity contribution in [1.82, 2.24) is 9.97 Å². The van der Waals surface area contributed by atoms with Gasteiger partial charge in [-0.3, -0.25) is 0 Å². The van der Waals surface area contributed by atoms with Crippen molar-refractivity contribution in [3.05, 3.63) is 18.0 Å². The third-order valence-corrected chi connectivity index (χ3v) is 5.09. The fourth-order valence-electron chi connectivity index (χ4n) is 4.11. The Labute approximate surface area is 118 Å². The van der Waals surface area contributed by atoms with Gasteiger partial charge in [0.25, 0.3) is 0 Å². The Morgan fingerprint density at radius 3 is 2.55 bits per heavy atom. The van der Waals surface area contributed by atoms with Gasteiger partial charge < -0.3 is 14.5 Å². The summed E-state index contributed by atoms with van der Waals surface area (Å²) < 4.78 is 10.7. The van der Waals surface area contributed by atoms with E-state index in [1.54, 1.807) is 14.2 Å². The Morgan fingerprint density at radius 1 is 1.10 bits per heavy atom. The number of rotatable bonds is 3. The first-order valence-electron chi connectivity index (χ1n) is 7.40. The smallest absolute Gasteiger partial charge is 0.163 e. The van der Waals surface area contributed by atoms with Gasteiger partial charge in [0.15, 0.2) is 11.5 Å². The Hall–Kier alpha value is -1.71. The maximum atomic E-state index is 5.36. The third-order valence-electron chi connectivity index (χ3n) is 5.09. The van der Waals surface area contributed by atoms with E-state index in [1.807, 2.05) is 12.1 Å². The summed E-state index contributed by atoms with van der Waals surface area (Å²) in [4.78, 5) is 8.31. The van der Waals surface area contributed by atoms with Crippen LogP contribution in [0.25, 0.3) is 11.0 Å². The van der Waals surface area contributed by atoms with Crippen molar-refractivity contribution in [2.24, 2.45) is 11.8 Å². The van der Waals surface area contributed by atoms with E-state index in [9.17, 15) is 0 Å². The van der Waals surface area contributed by atoms with E-state index in [-0.39, 0.29) is 0 Å². The van der Waals surface area contributed by atoms with E-state index in [1.165, 1.54) is 25.7 Å². The highest BCUT2D eigenvalue weighted by Crippen LogP contribution is 2.52. The van der Waals surface area contributed by atoms with Crippen LogP contribution in [0.4, 0.5) is 0 Å². The summed E-state index contributed by atoms with van der Waals surface area (Å²) in [5.41, 5.74) is 2.01. The van der Waals surface area contributed by atoms with Crippen molar-refractivity contribution in [2.45, 2.75) is 31.6 Å². The first-order chi connectivity index (χ1) is 9.78. The second-order valence-electron chi connectivity index (χ2n) is 6.13. The van der Waals surface area contributed by atoms with Gasteiger partial charge in [-0.25, -0.2) is 4.98 Å². The summed E-state index contributed by atoms with van der Waals surface area (Å²) in [6.07, 6.45) is 5.50. The van der Waals surface area contributed by atoms with Gasteiger partial charge in [-0.05, 0) is 31.1 Å². The van der Waals surface area contributed by atoms with Crippen LogP contribution < -0.4 is 9.47 Å². The first-order valence-corrected chi connectivity index (χ1v) is 7.40. The minimum absolute atomic E-state index is 0.623. The Morgan fingerprint density at radius 2 is 1.90 bits per heavy atom. The molecule has 2 aliphatic carbocycles. The molecule has 1 heterocycles. The lowest BCUT2D eigenvalue weighted by Crippen LogP contribution is -2.09. The van der Waals surface area contributed by atoms with Crippen LogP contribution in [-0.2, 0) is 0 Å². The fourth-order valence-corrected chi connectivity index (χ4v) is 4.11. The highest BCUT2D eigenvalue weighted by Gasteiger charge is 2.41. The molecule has 3 atom stereocenters. The van der Waals surface area contributed by atoms with Gasteiger partial charge in [-0.1, -0.05) is 6.42 Å². The Kier molecular flexibility index (Phi) is 2.65. The molecule has 0 saturated heterocycles. The van der Waals surface area contributed by atoms with Crippen molar-refractivity contribution in [3.63, 3.8) is 0 Å². The standard InChI is InChI=1S/C16H20N2O2/c1-19-14-7-12-13(8-15(14)20-2)18-16(17-12)11-6-9-3-4-10(11)5-9/h7-11H,3-6H2,1-2H3,(H,17,18). The normalized spacial score (nSPS) is 28.2. The molecule has 4 nitrogen and oxygen atoms in total. The maximum absolute atomic E-state index is 5.36. The monoisotopic (exact) mass is 272 g/mol. The minimum atomic E-state index is 0.623. The quantitative estimate of drug-likeness (QED) is 0.930. The number of hydrogen-bond donors (Lipinski definition) is 1. The van der Waals surface area contributed by atoms with E-state index in [0.29, 0.717) is 5.92 Å². The van der Waals surface area contributed by atoms with Gasteiger partial charge >= 0.3 is 0 Å². The highest BCUT2D eigenvalue weighted by molar-refractivity contribution is 5.80. The van der Waals surface area contributed by atoms with Crippen LogP contribution in [-0.4, -0.2) is 24.2 Å². The van der Waals surface area contributed by atoms with Crippen LogP contribution in [0.3, 0.4) is 0 Å². The summed E-state index contributed by atoms with van der Waals surface area (Å²) in [5, 5.41) is 0. The molecule has 0 spiro atoms. The topological polar surface area (TPSA) is 47.1 Å². The second kappa shape index (κ2) is 4.40. The molecule has 2 aromatic rings. The van der Waals surface area contributed by atoms with Gasteiger partial charge in [0.2, 0.25) is 0 Å². The van der Waals surface area contributed by atoms with Gasteiger partial charge in [-0.2, -0.15) is 0 Å². The second-order valence-corrected chi connectivity index (χ2v) is 6.13. The number of imidazole rings is 1. The zero-order chi connectivity index (χ0) is 13.7. The van der Waals surface area contributed by atoms with E-state index in [4.69, 9.17) is 14.5 Å². The van der Waals surface area contributed by atoms with Crippen LogP contribution in [0.1, 0.15) is 37.4 Å². The SMILES string of the molecule is COc1cc2nc(C3CC4CCC3C4)[nH]c2cc1OC. The van der Waals surface area contributed by atoms with E-state index < -0.39 is 0 Å². The molecular weight excluding hydrogens is 252 g/mol. The predicted molar refractivity (Wildman–Crippen MR) is 77.4 cm³/mol. The number of aromatic amines is 1. The maximum Gasteiger partial charge on any atom is 0.163 e. The van der Waals surface area contributed by atoms with Crippen LogP contribution in [0.15, 0.2) is 12.1 Å². The van der Waals surface area contributed by atoms with E-state index >= 15 is 0 Å². The molecule has 0 aliphatic heterocycles. The summed E-state index contributed by atoms with van der Waals surface area (Å²) in [7, 11) is 3.32. The van der Waals surface area contributed by atoms with E-state index in [2.05, 4.69) is 4.98 Å². The third kappa shape index (κ3) is 1.70. The lowest BCUT2D eigenvalue weighted by Gasteiger charge is -2.18. The van der Waals surface area contributed by atoms with Gasteiger partial charge in [-0.15, -0.1) is 0 Å². The average molecular weight is 272 g/mol. The number of benzene rings is 1. The zero-order valence-corrected chi connectivity index (χ0v) is 12.0. The number of H-pyrrole nitrogens is 1. The molecular formula is C16H20N2O2. The molecule has 20 heavy (non-hydrogen) atoms. The molecule has 3 unspecified atom stereocenters. The Bertz CT molecular complexity index is 608. The van der Waals surface area contributed by atoms with Crippen molar-refractivity contribution in [3.8, 4) is 11.5 Å². The molecule has 1 aromatic heterocycles.